The topological polar surface area (TPSA) is 44.8 Å². The Morgan fingerprint density at radius 3 is 2.73 bits per heavy atom. The van der Waals surface area contributed by atoms with Crippen molar-refractivity contribution in [2.45, 2.75) is 19.4 Å². The van der Waals surface area contributed by atoms with Crippen LogP contribution < -0.4 is 10.2 Å². The summed E-state index contributed by atoms with van der Waals surface area (Å²) in [6.45, 7) is 7.93. The van der Waals surface area contributed by atoms with Crippen LogP contribution in [0.25, 0.3) is 0 Å². The Balaban J connectivity index is 1.51. The number of hydrogen-bond donors (Lipinski definition) is 1. The van der Waals surface area contributed by atoms with Crippen LogP contribution in [0, 0.1) is 6.92 Å². The summed E-state index contributed by atoms with van der Waals surface area (Å²) >= 11 is 0. The Labute approximate surface area is 132 Å². The molecule has 1 amide bonds. The molecule has 2 saturated heterocycles. The number of anilines is 1. The third kappa shape index (κ3) is 3.59. The standard InChI is InChI=1S/C17H25N3O2/c1-14-4-2-3-5-16(14)19-7-9-20(10-8-19)17(21)12-15-13-18-6-11-22-15/h2-5,15,18H,6-13H2,1H3. The molecule has 0 bridgehead atoms. The largest absolute Gasteiger partial charge is 0.375 e. The highest BCUT2D eigenvalue weighted by Crippen LogP contribution is 2.21. The zero-order valence-corrected chi connectivity index (χ0v) is 13.3. The van der Waals surface area contributed by atoms with Crippen LogP contribution in [0.5, 0.6) is 0 Å². The lowest BCUT2D eigenvalue weighted by molar-refractivity contribution is -0.135. The van der Waals surface area contributed by atoms with Gasteiger partial charge in [0.05, 0.1) is 19.1 Å². The van der Waals surface area contributed by atoms with Gasteiger partial charge in [-0.15, -0.1) is 0 Å². The third-order valence-electron chi connectivity index (χ3n) is 4.50. The van der Waals surface area contributed by atoms with Gasteiger partial charge in [-0.25, -0.2) is 0 Å². The molecule has 1 unspecified atom stereocenters. The number of hydrogen-bond acceptors (Lipinski definition) is 4. The van der Waals surface area contributed by atoms with Gasteiger partial charge in [0.15, 0.2) is 0 Å². The lowest BCUT2D eigenvalue weighted by Crippen LogP contribution is -2.50. The van der Waals surface area contributed by atoms with E-state index in [9.17, 15) is 4.79 Å². The number of piperazine rings is 1. The van der Waals surface area contributed by atoms with Crippen LogP contribution in [-0.4, -0.2) is 62.8 Å². The van der Waals surface area contributed by atoms with Gasteiger partial charge in [-0.3, -0.25) is 4.79 Å². The average molecular weight is 303 g/mol. The Morgan fingerprint density at radius 1 is 1.27 bits per heavy atom. The van der Waals surface area contributed by atoms with E-state index in [2.05, 4.69) is 41.4 Å². The molecule has 0 aliphatic carbocycles. The molecular weight excluding hydrogens is 278 g/mol. The lowest BCUT2D eigenvalue weighted by Gasteiger charge is -2.37. The number of aryl methyl sites for hydroxylation is 1. The van der Waals surface area contributed by atoms with E-state index in [4.69, 9.17) is 4.74 Å². The minimum Gasteiger partial charge on any atom is -0.375 e. The normalized spacial score (nSPS) is 22.7. The third-order valence-corrected chi connectivity index (χ3v) is 4.50. The predicted octanol–water partition coefficient (Wildman–Crippen LogP) is 1.02. The van der Waals surface area contributed by atoms with Crippen LogP contribution >= 0.6 is 0 Å². The zero-order chi connectivity index (χ0) is 15.4. The van der Waals surface area contributed by atoms with Gasteiger partial charge in [0.25, 0.3) is 0 Å². The van der Waals surface area contributed by atoms with Gasteiger partial charge < -0.3 is 19.9 Å². The molecule has 2 aliphatic rings. The van der Waals surface area contributed by atoms with E-state index in [-0.39, 0.29) is 12.0 Å². The number of benzene rings is 1. The van der Waals surface area contributed by atoms with Crippen LogP contribution in [0.1, 0.15) is 12.0 Å². The second-order valence-electron chi connectivity index (χ2n) is 6.06. The number of carbonyl (C=O) groups excluding carboxylic acids is 1. The van der Waals surface area contributed by atoms with Gasteiger partial charge in [-0.1, -0.05) is 18.2 Å². The molecule has 2 fully saturated rings. The number of ether oxygens (including phenoxy) is 1. The first-order chi connectivity index (χ1) is 10.7. The highest BCUT2D eigenvalue weighted by Gasteiger charge is 2.25. The molecular formula is C17H25N3O2. The fourth-order valence-corrected chi connectivity index (χ4v) is 3.19. The Morgan fingerprint density at radius 2 is 2.05 bits per heavy atom. The molecule has 22 heavy (non-hydrogen) atoms. The summed E-state index contributed by atoms with van der Waals surface area (Å²) < 4.78 is 5.63. The van der Waals surface area contributed by atoms with Crippen molar-refractivity contribution in [1.82, 2.24) is 10.2 Å². The van der Waals surface area contributed by atoms with E-state index >= 15 is 0 Å². The molecule has 1 N–H and O–H groups in total. The first kappa shape index (κ1) is 15.3. The Bertz CT molecular complexity index is 506. The van der Waals surface area contributed by atoms with Crippen LogP contribution in [0.3, 0.4) is 0 Å². The maximum Gasteiger partial charge on any atom is 0.225 e. The second-order valence-corrected chi connectivity index (χ2v) is 6.06. The van der Waals surface area contributed by atoms with E-state index in [1.54, 1.807) is 0 Å². The summed E-state index contributed by atoms with van der Waals surface area (Å²) in [5.74, 6) is 0.220. The second kappa shape index (κ2) is 7.11. The van der Waals surface area contributed by atoms with E-state index in [0.29, 0.717) is 13.0 Å². The highest BCUT2D eigenvalue weighted by atomic mass is 16.5. The summed E-state index contributed by atoms with van der Waals surface area (Å²) in [5.41, 5.74) is 2.58. The number of nitrogens with zero attached hydrogens (tertiary/aromatic N) is 2. The molecule has 5 heteroatoms. The van der Waals surface area contributed by atoms with Crippen LogP contribution in [0.2, 0.25) is 0 Å². The molecule has 0 saturated carbocycles. The molecule has 1 atom stereocenters. The molecule has 0 aromatic heterocycles. The SMILES string of the molecule is Cc1ccccc1N1CCN(C(=O)CC2CNCCO2)CC1. The quantitative estimate of drug-likeness (QED) is 0.906. The first-order valence-electron chi connectivity index (χ1n) is 8.15. The van der Waals surface area contributed by atoms with Crippen molar-refractivity contribution in [3.8, 4) is 0 Å². The lowest BCUT2D eigenvalue weighted by atomic mass is 10.1. The molecule has 5 nitrogen and oxygen atoms in total. The predicted molar refractivity (Wildman–Crippen MR) is 87.2 cm³/mol. The van der Waals surface area contributed by atoms with Crippen molar-refractivity contribution in [1.29, 1.82) is 0 Å². The van der Waals surface area contributed by atoms with E-state index in [1.807, 2.05) is 4.90 Å². The van der Waals surface area contributed by atoms with Gasteiger partial charge in [0.1, 0.15) is 0 Å². The molecule has 1 aromatic rings. The number of rotatable bonds is 3. The summed E-state index contributed by atoms with van der Waals surface area (Å²) in [5, 5.41) is 3.27. The van der Waals surface area contributed by atoms with Gasteiger partial charge in [0.2, 0.25) is 5.91 Å². The van der Waals surface area contributed by atoms with Crippen LogP contribution in [-0.2, 0) is 9.53 Å². The van der Waals surface area contributed by atoms with E-state index in [0.717, 1.165) is 39.3 Å². The molecule has 0 radical (unpaired) electrons. The minimum absolute atomic E-state index is 0.0376. The number of carbonyl (C=O) groups is 1. The smallest absolute Gasteiger partial charge is 0.225 e. The number of amides is 1. The molecule has 3 rings (SSSR count). The molecule has 1 aromatic carbocycles. The number of para-hydroxylation sites is 1. The van der Waals surface area contributed by atoms with E-state index < -0.39 is 0 Å². The Hall–Kier alpha value is -1.59. The summed E-state index contributed by atoms with van der Waals surface area (Å²) in [4.78, 5) is 16.7. The van der Waals surface area contributed by atoms with Crippen molar-refractivity contribution < 1.29 is 9.53 Å². The van der Waals surface area contributed by atoms with Crippen molar-refractivity contribution in [2.75, 3.05) is 50.8 Å². The van der Waals surface area contributed by atoms with Gasteiger partial charge in [-0.05, 0) is 18.6 Å². The number of nitrogens with one attached hydrogen (secondary N) is 1. The zero-order valence-electron chi connectivity index (χ0n) is 13.3. The first-order valence-corrected chi connectivity index (χ1v) is 8.15. The van der Waals surface area contributed by atoms with Crippen molar-refractivity contribution in [3.05, 3.63) is 29.8 Å². The monoisotopic (exact) mass is 303 g/mol. The maximum absolute atomic E-state index is 12.4. The van der Waals surface area contributed by atoms with Crippen LogP contribution in [0.4, 0.5) is 5.69 Å². The Kier molecular flexibility index (Phi) is 4.95. The van der Waals surface area contributed by atoms with Gasteiger partial charge >= 0.3 is 0 Å². The summed E-state index contributed by atoms with van der Waals surface area (Å²) in [7, 11) is 0. The van der Waals surface area contributed by atoms with Crippen molar-refractivity contribution in [3.63, 3.8) is 0 Å². The summed E-state index contributed by atoms with van der Waals surface area (Å²) in [6, 6.07) is 8.44. The van der Waals surface area contributed by atoms with Gasteiger partial charge in [0, 0.05) is 45.0 Å². The van der Waals surface area contributed by atoms with Crippen molar-refractivity contribution >= 4 is 11.6 Å². The summed E-state index contributed by atoms with van der Waals surface area (Å²) in [6.07, 6.45) is 0.535. The molecule has 0 spiro atoms. The van der Waals surface area contributed by atoms with Gasteiger partial charge in [-0.2, -0.15) is 0 Å². The maximum atomic E-state index is 12.4. The highest BCUT2D eigenvalue weighted by molar-refractivity contribution is 5.77. The molecule has 2 aliphatic heterocycles. The number of morpholine rings is 1. The van der Waals surface area contributed by atoms with E-state index in [1.165, 1.54) is 11.3 Å². The molecule has 120 valence electrons. The minimum atomic E-state index is 0.0376. The van der Waals surface area contributed by atoms with Crippen molar-refractivity contribution in [2.24, 2.45) is 0 Å². The fourth-order valence-electron chi connectivity index (χ4n) is 3.19. The molecule has 2 heterocycles. The fraction of sp³-hybridized carbons (Fsp3) is 0.588. The van der Waals surface area contributed by atoms with Crippen LogP contribution in [0.15, 0.2) is 24.3 Å². The average Bonchev–Trinajstić information content (AvgIpc) is 2.56.